The molecular weight excluding hydrogens is 294 g/mol. The Balaban J connectivity index is 1.57. The summed E-state index contributed by atoms with van der Waals surface area (Å²) in [6.45, 7) is 1.32. The van der Waals surface area contributed by atoms with E-state index in [1.165, 1.54) is 0 Å². The number of hydrogen-bond donors (Lipinski definition) is 2. The van der Waals surface area contributed by atoms with E-state index in [1.54, 1.807) is 18.7 Å². The van der Waals surface area contributed by atoms with E-state index in [2.05, 4.69) is 15.3 Å². The van der Waals surface area contributed by atoms with Gasteiger partial charge in [-0.25, -0.2) is 4.98 Å². The van der Waals surface area contributed by atoms with Crippen molar-refractivity contribution in [2.75, 3.05) is 13.2 Å². The van der Waals surface area contributed by atoms with Crippen LogP contribution >= 0.6 is 0 Å². The Bertz CT molecular complexity index is 817. The predicted octanol–water partition coefficient (Wildman–Crippen LogP) is 2.73. The lowest BCUT2D eigenvalue weighted by Gasteiger charge is -2.10. The highest BCUT2D eigenvalue weighted by molar-refractivity contribution is 6.00. The highest BCUT2D eigenvalue weighted by atomic mass is 16.5. The first kappa shape index (κ1) is 14.0. The van der Waals surface area contributed by atoms with Crippen molar-refractivity contribution < 1.29 is 13.9 Å². The molecular formula is C17H17N3O3. The summed E-state index contributed by atoms with van der Waals surface area (Å²) in [6.07, 6.45) is 8.95. The summed E-state index contributed by atoms with van der Waals surface area (Å²) in [4.78, 5) is 19.8. The summed E-state index contributed by atoms with van der Waals surface area (Å²) in [5.41, 5.74) is 3.21. The monoisotopic (exact) mass is 311 g/mol. The molecule has 118 valence electrons. The van der Waals surface area contributed by atoms with Crippen LogP contribution in [0.1, 0.15) is 23.2 Å². The van der Waals surface area contributed by atoms with Crippen LogP contribution in [0.4, 0.5) is 0 Å². The zero-order chi connectivity index (χ0) is 15.6. The zero-order valence-electron chi connectivity index (χ0n) is 12.5. The highest BCUT2D eigenvalue weighted by Gasteiger charge is 2.17. The second kappa shape index (κ2) is 5.89. The van der Waals surface area contributed by atoms with Crippen LogP contribution in [-0.2, 0) is 4.74 Å². The van der Waals surface area contributed by atoms with E-state index in [-0.39, 0.29) is 12.0 Å². The average molecular weight is 311 g/mol. The van der Waals surface area contributed by atoms with Gasteiger partial charge in [-0.2, -0.15) is 0 Å². The molecule has 4 rings (SSSR count). The van der Waals surface area contributed by atoms with E-state index in [4.69, 9.17) is 9.15 Å². The molecule has 6 nitrogen and oxygen atoms in total. The lowest BCUT2D eigenvalue weighted by atomic mass is 10.1. The fourth-order valence-electron chi connectivity index (χ4n) is 2.90. The topological polar surface area (TPSA) is 80.1 Å². The van der Waals surface area contributed by atoms with E-state index in [0.717, 1.165) is 41.6 Å². The van der Waals surface area contributed by atoms with Crippen LogP contribution in [-0.4, -0.2) is 35.1 Å². The number of aromatic amines is 1. The Morgan fingerprint density at radius 3 is 3.22 bits per heavy atom. The van der Waals surface area contributed by atoms with Crippen LogP contribution < -0.4 is 5.32 Å². The van der Waals surface area contributed by atoms with E-state index in [1.807, 2.05) is 18.3 Å². The van der Waals surface area contributed by atoms with Gasteiger partial charge in [0.15, 0.2) is 0 Å². The minimum Gasteiger partial charge on any atom is -0.472 e. The lowest BCUT2D eigenvalue weighted by molar-refractivity contribution is 0.0857. The number of ether oxygens (including phenoxy) is 1. The minimum absolute atomic E-state index is 0.129. The number of furan rings is 1. The van der Waals surface area contributed by atoms with Gasteiger partial charge in [-0.05, 0) is 25.0 Å². The van der Waals surface area contributed by atoms with Crippen LogP contribution in [0.2, 0.25) is 0 Å². The molecule has 1 aliphatic heterocycles. The standard InChI is InChI=1S/C17H17N3O3/c21-17(20-8-13-2-1-4-23-13)12-6-14-15(11-3-5-22-10-11)9-19-16(14)18-7-12/h3,5-7,9-10,13H,1-2,4,8H2,(H,18,19)(H,20,21)/t13-/m1/s1. The number of aromatic nitrogens is 2. The van der Waals surface area contributed by atoms with E-state index < -0.39 is 0 Å². The van der Waals surface area contributed by atoms with Gasteiger partial charge in [0.05, 0.1) is 24.2 Å². The molecule has 3 aromatic heterocycles. The summed E-state index contributed by atoms with van der Waals surface area (Å²) in [6, 6.07) is 3.73. The van der Waals surface area contributed by atoms with Crippen LogP contribution in [0, 0.1) is 0 Å². The van der Waals surface area contributed by atoms with Crippen molar-refractivity contribution in [2.45, 2.75) is 18.9 Å². The number of nitrogens with zero attached hydrogens (tertiary/aromatic N) is 1. The summed E-state index contributed by atoms with van der Waals surface area (Å²) >= 11 is 0. The van der Waals surface area contributed by atoms with E-state index >= 15 is 0 Å². The van der Waals surface area contributed by atoms with Crippen molar-refractivity contribution >= 4 is 16.9 Å². The van der Waals surface area contributed by atoms with Gasteiger partial charge in [0.2, 0.25) is 0 Å². The number of nitrogens with one attached hydrogen (secondary N) is 2. The minimum atomic E-state index is -0.130. The summed E-state index contributed by atoms with van der Waals surface area (Å²) in [7, 11) is 0. The number of amides is 1. The van der Waals surface area contributed by atoms with Crippen LogP contribution in [0.25, 0.3) is 22.2 Å². The summed E-state index contributed by atoms with van der Waals surface area (Å²) in [5, 5.41) is 3.82. The quantitative estimate of drug-likeness (QED) is 0.776. The Kier molecular flexibility index (Phi) is 3.59. The summed E-state index contributed by atoms with van der Waals surface area (Å²) < 4.78 is 10.7. The highest BCUT2D eigenvalue weighted by Crippen LogP contribution is 2.28. The molecule has 0 unspecified atom stereocenters. The summed E-state index contributed by atoms with van der Waals surface area (Å²) in [5.74, 6) is -0.130. The molecule has 1 saturated heterocycles. The van der Waals surface area contributed by atoms with Gasteiger partial charge < -0.3 is 19.5 Å². The molecule has 6 heteroatoms. The Morgan fingerprint density at radius 2 is 2.43 bits per heavy atom. The number of carbonyl (C=O) groups is 1. The third-order valence-corrected chi connectivity index (χ3v) is 4.14. The molecule has 1 amide bonds. The number of carbonyl (C=O) groups excluding carboxylic acids is 1. The van der Waals surface area contributed by atoms with Gasteiger partial charge in [0, 0.05) is 42.1 Å². The molecule has 4 heterocycles. The second-order valence-corrected chi connectivity index (χ2v) is 5.68. The number of rotatable bonds is 4. The Labute approximate surface area is 132 Å². The number of fused-ring (bicyclic) bond motifs is 1. The first-order chi connectivity index (χ1) is 11.3. The number of H-pyrrole nitrogens is 1. The van der Waals surface area contributed by atoms with Gasteiger partial charge in [0.1, 0.15) is 5.65 Å². The second-order valence-electron chi connectivity index (χ2n) is 5.68. The van der Waals surface area contributed by atoms with Crippen LogP contribution in [0.3, 0.4) is 0 Å². The maximum Gasteiger partial charge on any atom is 0.252 e. The molecule has 0 aliphatic carbocycles. The van der Waals surface area contributed by atoms with E-state index in [0.29, 0.717) is 12.1 Å². The predicted molar refractivity (Wildman–Crippen MR) is 85.1 cm³/mol. The third-order valence-electron chi connectivity index (χ3n) is 4.14. The largest absolute Gasteiger partial charge is 0.472 e. The van der Waals surface area contributed by atoms with Gasteiger partial charge in [-0.1, -0.05) is 0 Å². The van der Waals surface area contributed by atoms with Crippen molar-refractivity contribution in [1.29, 1.82) is 0 Å². The van der Waals surface area contributed by atoms with Crippen molar-refractivity contribution in [3.05, 3.63) is 42.6 Å². The lowest BCUT2D eigenvalue weighted by Crippen LogP contribution is -2.31. The molecule has 0 saturated carbocycles. The molecule has 0 spiro atoms. The van der Waals surface area contributed by atoms with Gasteiger partial charge in [-0.3, -0.25) is 4.79 Å². The number of pyridine rings is 1. The molecule has 2 N–H and O–H groups in total. The molecule has 0 aromatic carbocycles. The fraction of sp³-hybridized carbons (Fsp3) is 0.294. The molecule has 3 aromatic rings. The molecule has 23 heavy (non-hydrogen) atoms. The van der Waals surface area contributed by atoms with Crippen molar-refractivity contribution in [1.82, 2.24) is 15.3 Å². The smallest absolute Gasteiger partial charge is 0.252 e. The average Bonchev–Trinajstić information content (AvgIpc) is 3.31. The van der Waals surface area contributed by atoms with E-state index in [9.17, 15) is 4.79 Å². The van der Waals surface area contributed by atoms with Crippen LogP contribution in [0.5, 0.6) is 0 Å². The first-order valence-corrected chi connectivity index (χ1v) is 7.71. The van der Waals surface area contributed by atoms with Gasteiger partial charge in [0.25, 0.3) is 5.91 Å². The first-order valence-electron chi connectivity index (χ1n) is 7.71. The SMILES string of the molecule is O=C(NC[C@H]1CCCO1)c1cnc2[nH]cc(-c3ccoc3)c2c1. The van der Waals surface area contributed by atoms with Gasteiger partial charge in [-0.15, -0.1) is 0 Å². The van der Waals surface area contributed by atoms with Crippen molar-refractivity contribution in [3.8, 4) is 11.1 Å². The van der Waals surface area contributed by atoms with Crippen molar-refractivity contribution in [2.24, 2.45) is 0 Å². The Hall–Kier alpha value is -2.60. The molecule has 1 atom stereocenters. The maximum atomic E-state index is 12.3. The van der Waals surface area contributed by atoms with Crippen LogP contribution in [0.15, 0.2) is 41.5 Å². The van der Waals surface area contributed by atoms with Crippen molar-refractivity contribution in [3.63, 3.8) is 0 Å². The Morgan fingerprint density at radius 1 is 1.48 bits per heavy atom. The maximum absolute atomic E-state index is 12.3. The molecule has 0 bridgehead atoms. The normalized spacial score (nSPS) is 17.7. The third kappa shape index (κ3) is 2.73. The molecule has 1 fully saturated rings. The zero-order valence-corrected chi connectivity index (χ0v) is 12.5. The molecule has 1 aliphatic rings. The van der Waals surface area contributed by atoms with Gasteiger partial charge >= 0.3 is 0 Å². The fourth-order valence-corrected chi connectivity index (χ4v) is 2.90. The molecule has 0 radical (unpaired) electrons. The number of hydrogen-bond acceptors (Lipinski definition) is 4.